The summed E-state index contributed by atoms with van der Waals surface area (Å²) in [5, 5.41) is 4.15. The van der Waals surface area contributed by atoms with E-state index in [1.54, 1.807) is 35.1 Å². The SMILES string of the molecule is CN(Cc1cnn(C)c1)C(=O)c1ccccc1-c1ncc(-c2ccccc2)o1. The number of hydrogen-bond donors (Lipinski definition) is 0. The molecule has 6 heteroatoms. The van der Waals surface area contributed by atoms with Crippen LogP contribution in [0.5, 0.6) is 0 Å². The molecular weight excluding hydrogens is 352 g/mol. The highest BCUT2D eigenvalue weighted by Crippen LogP contribution is 2.28. The molecule has 0 radical (unpaired) electrons. The van der Waals surface area contributed by atoms with Crippen molar-refractivity contribution < 1.29 is 9.21 Å². The normalized spacial score (nSPS) is 10.8. The van der Waals surface area contributed by atoms with Gasteiger partial charge in [0.05, 0.1) is 18.0 Å². The summed E-state index contributed by atoms with van der Waals surface area (Å²) in [7, 11) is 3.63. The molecule has 0 fully saturated rings. The van der Waals surface area contributed by atoms with Crippen molar-refractivity contribution in [3.05, 3.63) is 84.3 Å². The van der Waals surface area contributed by atoms with Gasteiger partial charge in [0.1, 0.15) is 0 Å². The number of amides is 1. The maximum atomic E-state index is 13.1. The highest BCUT2D eigenvalue weighted by molar-refractivity contribution is 5.99. The summed E-state index contributed by atoms with van der Waals surface area (Å²) in [5.41, 5.74) is 3.14. The molecule has 6 nitrogen and oxygen atoms in total. The second-order valence-electron chi connectivity index (χ2n) is 6.62. The van der Waals surface area contributed by atoms with Gasteiger partial charge in [0.15, 0.2) is 5.76 Å². The van der Waals surface area contributed by atoms with Gasteiger partial charge in [-0.1, -0.05) is 42.5 Å². The van der Waals surface area contributed by atoms with Crippen molar-refractivity contribution in [2.24, 2.45) is 7.05 Å². The van der Waals surface area contributed by atoms with Crippen LogP contribution in [-0.4, -0.2) is 32.6 Å². The largest absolute Gasteiger partial charge is 0.436 e. The number of hydrogen-bond acceptors (Lipinski definition) is 4. The molecule has 28 heavy (non-hydrogen) atoms. The lowest BCUT2D eigenvalue weighted by atomic mass is 10.1. The van der Waals surface area contributed by atoms with Crippen LogP contribution < -0.4 is 0 Å². The van der Waals surface area contributed by atoms with E-state index in [9.17, 15) is 4.79 Å². The van der Waals surface area contributed by atoms with E-state index in [0.29, 0.717) is 29.3 Å². The van der Waals surface area contributed by atoms with Gasteiger partial charge < -0.3 is 9.32 Å². The fourth-order valence-electron chi connectivity index (χ4n) is 3.10. The average Bonchev–Trinajstić information content (AvgIpc) is 3.37. The number of aromatic nitrogens is 3. The molecule has 4 rings (SSSR count). The zero-order valence-electron chi connectivity index (χ0n) is 15.7. The first-order chi connectivity index (χ1) is 13.6. The average molecular weight is 372 g/mol. The molecule has 1 amide bonds. The summed E-state index contributed by atoms with van der Waals surface area (Å²) < 4.78 is 7.67. The number of oxazole rings is 1. The zero-order valence-corrected chi connectivity index (χ0v) is 15.7. The lowest BCUT2D eigenvalue weighted by Gasteiger charge is -2.17. The van der Waals surface area contributed by atoms with Gasteiger partial charge in [-0.3, -0.25) is 9.48 Å². The summed E-state index contributed by atoms with van der Waals surface area (Å²) in [5.74, 6) is 0.998. The molecule has 2 heterocycles. The maximum absolute atomic E-state index is 13.1. The Morgan fingerprint density at radius 3 is 2.57 bits per heavy atom. The van der Waals surface area contributed by atoms with Gasteiger partial charge in [0.25, 0.3) is 5.91 Å². The maximum Gasteiger partial charge on any atom is 0.254 e. The Morgan fingerprint density at radius 2 is 1.82 bits per heavy atom. The van der Waals surface area contributed by atoms with Crippen molar-refractivity contribution in [1.29, 1.82) is 0 Å². The van der Waals surface area contributed by atoms with Crippen molar-refractivity contribution in [2.75, 3.05) is 7.05 Å². The third-order valence-corrected chi connectivity index (χ3v) is 4.48. The van der Waals surface area contributed by atoms with Crippen molar-refractivity contribution in [1.82, 2.24) is 19.7 Å². The molecule has 0 atom stereocenters. The molecule has 0 N–H and O–H groups in total. The van der Waals surface area contributed by atoms with Crippen molar-refractivity contribution >= 4 is 5.91 Å². The molecule has 0 bridgehead atoms. The summed E-state index contributed by atoms with van der Waals surface area (Å²) in [6.07, 6.45) is 5.34. The van der Waals surface area contributed by atoms with Crippen molar-refractivity contribution in [3.8, 4) is 22.8 Å². The third-order valence-electron chi connectivity index (χ3n) is 4.48. The number of carbonyl (C=O) groups excluding carboxylic acids is 1. The topological polar surface area (TPSA) is 64.2 Å². The Bertz CT molecular complexity index is 1100. The van der Waals surface area contributed by atoms with Crippen LogP contribution in [0.15, 0.2) is 77.6 Å². The van der Waals surface area contributed by atoms with E-state index in [-0.39, 0.29) is 5.91 Å². The van der Waals surface area contributed by atoms with Crippen LogP contribution >= 0.6 is 0 Å². The van der Waals surface area contributed by atoms with E-state index in [2.05, 4.69) is 10.1 Å². The third kappa shape index (κ3) is 3.57. The van der Waals surface area contributed by atoms with Crippen LogP contribution in [0, 0.1) is 0 Å². The quantitative estimate of drug-likeness (QED) is 0.531. The fraction of sp³-hybridized carbons (Fsp3) is 0.136. The molecule has 0 aliphatic carbocycles. The Labute approximate surface area is 163 Å². The van der Waals surface area contributed by atoms with Crippen LogP contribution in [0.25, 0.3) is 22.8 Å². The molecule has 0 saturated heterocycles. The van der Waals surface area contributed by atoms with Gasteiger partial charge in [-0.25, -0.2) is 4.98 Å². The summed E-state index contributed by atoms with van der Waals surface area (Å²) in [4.78, 5) is 19.1. The van der Waals surface area contributed by atoms with Gasteiger partial charge in [-0.15, -0.1) is 0 Å². The monoisotopic (exact) mass is 372 g/mol. The molecular formula is C22H20N4O2. The second kappa shape index (κ2) is 7.52. The van der Waals surface area contributed by atoms with E-state index in [1.165, 1.54) is 0 Å². The van der Waals surface area contributed by atoms with E-state index < -0.39 is 0 Å². The lowest BCUT2D eigenvalue weighted by Crippen LogP contribution is -2.26. The highest BCUT2D eigenvalue weighted by Gasteiger charge is 2.20. The minimum atomic E-state index is -0.0982. The Morgan fingerprint density at radius 1 is 1.07 bits per heavy atom. The Hall–Kier alpha value is -3.67. The van der Waals surface area contributed by atoms with Crippen LogP contribution in [0.2, 0.25) is 0 Å². The number of carbonyl (C=O) groups is 1. The van der Waals surface area contributed by atoms with Gasteiger partial charge in [-0.2, -0.15) is 5.10 Å². The predicted molar refractivity (Wildman–Crippen MR) is 106 cm³/mol. The summed E-state index contributed by atoms with van der Waals surface area (Å²) in [6, 6.07) is 17.1. The number of aryl methyl sites for hydroxylation is 1. The molecule has 0 unspecified atom stereocenters. The first-order valence-electron chi connectivity index (χ1n) is 8.95. The highest BCUT2D eigenvalue weighted by atomic mass is 16.4. The van der Waals surface area contributed by atoms with E-state index in [0.717, 1.165) is 11.1 Å². The summed E-state index contributed by atoms with van der Waals surface area (Å²) in [6.45, 7) is 0.474. The molecule has 0 aliphatic rings. The van der Waals surface area contributed by atoms with Gasteiger partial charge in [0.2, 0.25) is 5.89 Å². The molecule has 4 aromatic rings. The Balaban J connectivity index is 1.62. The minimum absolute atomic E-state index is 0.0982. The predicted octanol–water partition coefficient (Wildman–Crippen LogP) is 4.01. The number of nitrogens with zero attached hydrogens (tertiary/aromatic N) is 4. The lowest BCUT2D eigenvalue weighted by molar-refractivity contribution is 0.0785. The fourth-order valence-corrected chi connectivity index (χ4v) is 3.10. The van der Waals surface area contributed by atoms with Crippen LogP contribution in [0.3, 0.4) is 0 Å². The van der Waals surface area contributed by atoms with E-state index in [1.807, 2.05) is 61.8 Å². The van der Waals surface area contributed by atoms with Crippen molar-refractivity contribution in [3.63, 3.8) is 0 Å². The van der Waals surface area contributed by atoms with E-state index in [4.69, 9.17) is 4.42 Å². The molecule has 2 aromatic heterocycles. The molecule has 0 saturated carbocycles. The minimum Gasteiger partial charge on any atom is -0.436 e. The first kappa shape index (κ1) is 17.7. The first-order valence-corrected chi connectivity index (χ1v) is 8.95. The molecule has 0 spiro atoms. The standard InChI is InChI=1S/C22H20N4O2/c1-25(14-16-12-24-26(2)15-16)22(27)19-11-7-6-10-18(19)21-23-13-20(28-21)17-8-4-3-5-9-17/h3-13,15H,14H2,1-2H3. The molecule has 140 valence electrons. The van der Waals surface area contributed by atoms with Crippen LogP contribution in [0.4, 0.5) is 0 Å². The number of benzene rings is 2. The summed E-state index contributed by atoms with van der Waals surface area (Å²) >= 11 is 0. The van der Waals surface area contributed by atoms with Gasteiger partial charge >= 0.3 is 0 Å². The zero-order chi connectivity index (χ0) is 19.5. The van der Waals surface area contributed by atoms with Gasteiger partial charge in [0, 0.05) is 43.5 Å². The molecule has 2 aromatic carbocycles. The number of rotatable bonds is 5. The van der Waals surface area contributed by atoms with Crippen LogP contribution in [0.1, 0.15) is 15.9 Å². The van der Waals surface area contributed by atoms with Crippen molar-refractivity contribution in [2.45, 2.75) is 6.54 Å². The van der Waals surface area contributed by atoms with Crippen LogP contribution in [-0.2, 0) is 13.6 Å². The smallest absolute Gasteiger partial charge is 0.254 e. The van der Waals surface area contributed by atoms with E-state index >= 15 is 0 Å². The molecule has 0 aliphatic heterocycles. The second-order valence-corrected chi connectivity index (χ2v) is 6.62. The van der Waals surface area contributed by atoms with Gasteiger partial charge in [-0.05, 0) is 12.1 Å². The Kier molecular flexibility index (Phi) is 4.76.